The SMILES string of the molecule is C=Cc1c(C=C)c(-c2ccccc2-c2ccc(-c3ccccc3)cc2)c2ccc(CCCC)cc2c1-c1ccc2ccccc2c1. The molecule has 0 fully saturated rings. The van der Waals surface area contributed by atoms with Crippen molar-refractivity contribution in [1.82, 2.24) is 0 Å². The fourth-order valence-electron chi connectivity index (χ4n) is 6.91. The molecule has 0 N–H and O–H groups in total. The topological polar surface area (TPSA) is 0 Å². The Morgan fingerprint density at radius 3 is 1.83 bits per heavy atom. The van der Waals surface area contributed by atoms with Crippen LogP contribution in [-0.4, -0.2) is 0 Å². The highest BCUT2D eigenvalue weighted by molar-refractivity contribution is 6.13. The minimum atomic E-state index is 1.07. The van der Waals surface area contributed by atoms with Crippen molar-refractivity contribution in [3.05, 3.63) is 169 Å². The standard InChI is InChI=1S/C46H38/c1-4-7-15-32-22-29-43-44(30-32)45(38-28-25-34-18-11-12-19-37(34)31-38)39(5-2)40(6-3)46(43)42-21-14-13-20-41(42)36-26-23-35(24-27-36)33-16-9-8-10-17-33/h5-6,8-14,16-31H,2-4,7,15H2,1H3. The second-order valence-electron chi connectivity index (χ2n) is 12.0. The van der Waals surface area contributed by atoms with Crippen molar-refractivity contribution in [3.8, 4) is 44.5 Å². The third kappa shape index (κ3) is 5.37. The lowest BCUT2D eigenvalue weighted by Crippen LogP contribution is -1.98. The first kappa shape index (κ1) is 29.3. The molecule has 0 aliphatic rings. The van der Waals surface area contributed by atoms with E-state index < -0.39 is 0 Å². The van der Waals surface area contributed by atoms with Gasteiger partial charge >= 0.3 is 0 Å². The van der Waals surface area contributed by atoms with Crippen LogP contribution in [0.4, 0.5) is 0 Å². The van der Waals surface area contributed by atoms with Gasteiger partial charge in [-0.05, 0) is 102 Å². The van der Waals surface area contributed by atoms with Gasteiger partial charge < -0.3 is 0 Å². The van der Waals surface area contributed by atoms with Crippen molar-refractivity contribution in [2.24, 2.45) is 0 Å². The Morgan fingerprint density at radius 1 is 0.478 bits per heavy atom. The molecule has 0 amide bonds. The number of fused-ring (bicyclic) bond motifs is 2. The summed E-state index contributed by atoms with van der Waals surface area (Å²) in [5, 5.41) is 4.97. The van der Waals surface area contributed by atoms with Crippen LogP contribution < -0.4 is 0 Å². The monoisotopic (exact) mass is 590 g/mol. The van der Waals surface area contributed by atoms with Gasteiger partial charge in [0, 0.05) is 0 Å². The lowest BCUT2D eigenvalue weighted by atomic mass is 9.81. The molecule has 7 aromatic rings. The summed E-state index contributed by atoms with van der Waals surface area (Å²) in [5.74, 6) is 0. The summed E-state index contributed by atoms with van der Waals surface area (Å²) in [5.41, 5.74) is 13.3. The van der Waals surface area contributed by atoms with Crippen molar-refractivity contribution in [3.63, 3.8) is 0 Å². The Morgan fingerprint density at radius 2 is 1.09 bits per heavy atom. The molecule has 46 heavy (non-hydrogen) atoms. The summed E-state index contributed by atoms with van der Waals surface area (Å²) in [4.78, 5) is 0. The van der Waals surface area contributed by atoms with E-state index in [0.29, 0.717) is 0 Å². The molecule has 222 valence electrons. The predicted molar refractivity (Wildman–Crippen MR) is 202 cm³/mol. The average molecular weight is 591 g/mol. The predicted octanol–water partition coefficient (Wildman–Crippen LogP) is 13.3. The molecular formula is C46H38. The van der Waals surface area contributed by atoms with Crippen LogP contribution in [0.1, 0.15) is 36.5 Å². The van der Waals surface area contributed by atoms with Gasteiger partial charge in [-0.2, -0.15) is 0 Å². The molecular weight excluding hydrogens is 553 g/mol. The molecule has 0 aliphatic carbocycles. The minimum absolute atomic E-state index is 1.07. The number of unbranched alkanes of at least 4 members (excludes halogenated alkanes) is 1. The van der Waals surface area contributed by atoms with Gasteiger partial charge in [-0.3, -0.25) is 0 Å². The quantitative estimate of drug-likeness (QED) is 0.157. The first-order valence-electron chi connectivity index (χ1n) is 16.3. The number of hydrogen-bond acceptors (Lipinski definition) is 0. The Bertz CT molecular complexity index is 2200. The fourth-order valence-corrected chi connectivity index (χ4v) is 6.91. The van der Waals surface area contributed by atoms with Crippen LogP contribution in [-0.2, 0) is 6.42 Å². The summed E-state index contributed by atoms with van der Waals surface area (Å²) in [7, 11) is 0. The molecule has 0 aliphatic heterocycles. The van der Waals surface area contributed by atoms with Crippen LogP contribution >= 0.6 is 0 Å². The van der Waals surface area contributed by atoms with Crippen molar-refractivity contribution in [2.45, 2.75) is 26.2 Å². The summed E-state index contributed by atoms with van der Waals surface area (Å²) in [6, 6.07) is 50.8. The maximum absolute atomic E-state index is 4.38. The zero-order valence-corrected chi connectivity index (χ0v) is 26.5. The number of rotatable bonds is 9. The maximum atomic E-state index is 4.38. The van der Waals surface area contributed by atoms with Crippen LogP contribution in [0.2, 0.25) is 0 Å². The van der Waals surface area contributed by atoms with E-state index in [9.17, 15) is 0 Å². The zero-order valence-electron chi connectivity index (χ0n) is 26.5. The Hall–Kier alpha value is -5.46. The molecule has 0 radical (unpaired) electrons. The Labute approximate surface area is 273 Å². The van der Waals surface area contributed by atoms with Gasteiger partial charge in [-0.25, -0.2) is 0 Å². The summed E-state index contributed by atoms with van der Waals surface area (Å²) < 4.78 is 0. The molecule has 7 rings (SSSR count). The van der Waals surface area contributed by atoms with E-state index in [2.05, 4.69) is 160 Å². The molecule has 0 atom stereocenters. The molecule has 0 nitrogen and oxygen atoms in total. The Balaban J connectivity index is 1.49. The number of hydrogen-bond donors (Lipinski definition) is 0. The van der Waals surface area contributed by atoms with Gasteiger partial charge in [0.1, 0.15) is 0 Å². The molecule has 0 heteroatoms. The molecule has 0 spiro atoms. The molecule has 0 saturated carbocycles. The molecule has 0 unspecified atom stereocenters. The van der Waals surface area contributed by atoms with Gasteiger partial charge in [0.2, 0.25) is 0 Å². The van der Waals surface area contributed by atoms with E-state index in [-0.39, 0.29) is 0 Å². The molecule has 0 aromatic heterocycles. The summed E-state index contributed by atoms with van der Waals surface area (Å²) in [6.07, 6.45) is 7.46. The van der Waals surface area contributed by atoms with Gasteiger partial charge in [0.05, 0.1) is 0 Å². The van der Waals surface area contributed by atoms with E-state index in [4.69, 9.17) is 0 Å². The summed E-state index contributed by atoms with van der Waals surface area (Å²) in [6.45, 7) is 11.0. The van der Waals surface area contributed by atoms with E-state index in [1.165, 1.54) is 84.5 Å². The fraction of sp³-hybridized carbons (Fsp3) is 0.0870. The lowest BCUT2D eigenvalue weighted by molar-refractivity contribution is 0.796. The maximum Gasteiger partial charge on any atom is -0.00203 e. The van der Waals surface area contributed by atoms with Crippen LogP contribution in [0.15, 0.2) is 153 Å². The third-order valence-corrected chi connectivity index (χ3v) is 9.22. The molecule has 0 bridgehead atoms. The first-order valence-corrected chi connectivity index (χ1v) is 16.3. The van der Waals surface area contributed by atoms with Crippen LogP contribution in [0.5, 0.6) is 0 Å². The Kier molecular flexibility index (Phi) is 8.19. The molecule has 0 heterocycles. The minimum Gasteiger partial charge on any atom is -0.0984 e. The second-order valence-corrected chi connectivity index (χ2v) is 12.0. The highest BCUT2D eigenvalue weighted by atomic mass is 14.2. The first-order chi connectivity index (χ1) is 22.7. The zero-order chi connectivity index (χ0) is 31.5. The van der Waals surface area contributed by atoms with E-state index in [0.717, 1.165) is 17.5 Å². The van der Waals surface area contributed by atoms with Gasteiger partial charge in [-0.1, -0.05) is 172 Å². The number of aryl methyl sites for hydroxylation is 1. The molecule has 0 saturated heterocycles. The van der Waals surface area contributed by atoms with Crippen LogP contribution in [0, 0.1) is 0 Å². The van der Waals surface area contributed by atoms with Crippen molar-refractivity contribution >= 4 is 33.7 Å². The third-order valence-electron chi connectivity index (χ3n) is 9.22. The smallest absolute Gasteiger partial charge is 0.00203 e. The van der Waals surface area contributed by atoms with E-state index in [1.54, 1.807) is 0 Å². The largest absolute Gasteiger partial charge is 0.0984 e. The van der Waals surface area contributed by atoms with Gasteiger partial charge in [-0.15, -0.1) is 0 Å². The highest BCUT2D eigenvalue weighted by Crippen LogP contribution is 2.46. The van der Waals surface area contributed by atoms with Gasteiger partial charge in [0.25, 0.3) is 0 Å². The summed E-state index contributed by atoms with van der Waals surface area (Å²) >= 11 is 0. The average Bonchev–Trinajstić information content (AvgIpc) is 3.13. The lowest BCUT2D eigenvalue weighted by Gasteiger charge is -2.22. The van der Waals surface area contributed by atoms with Crippen molar-refractivity contribution in [1.29, 1.82) is 0 Å². The molecule has 7 aromatic carbocycles. The van der Waals surface area contributed by atoms with Gasteiger partial charge in [0.15, 0.2) is 0 Å². The second kappa shape index (κ2) is 12.9. The van der Waals surface area contributed by atoms with Crippen molar-refractivity contribution in [2.75, 3.05) is 0 Å². The van der Waals surface area contributed by atoms with Crippen molar-refractivity contribution < 1.29 is 0 Å². The normalized spacial score (nSPS) is 11.2. The highest BCUT2D eigenvalue weighted by Gasteiger charge is 2.21. The number of benzene rings is 7. The van der Waals surface area contributed by atoms with E-state index >= 15 is 0 Å². The van der Waals surface area contributed by atoms with Crippen LogP contribution in [0.25, 0.3) is 78.2 Å². The van der Waals surface area contributed by atoms with Crippen LogP contribution in [0.3, 0.4) is 0 Å². The van der Waals surface area contributed by atoms with E-state index in [1.807, 2.05) is 12.2 Å².